The van der Waals surface area contributed by atoms with Gasteiger partial charge in [0.1, 0.15) is 19.3 Å². The summed E-state index contributed by atoms with van der Waals surface area (Å²) < 4.78 is 68.4. The molecule has 0 amide bonds. The van der Waals surface area contributed by atoms with Gasteiger partial charge in [-0.15, -0.1) is 0 Å². The summed E-state index contributed by atoms with van der Waals surface area (Å²) in [6.07, 6.45) is 53.0. The number of carbonyl (C=O) groups is 4. The Morgan fingerprint density at radius 2 is 0.484 bits per heavy atom. The number of phosphoric acid groups is 2. The monoisotopic (exact) mass is 1400 g/mol. The third-order valence-electron chi connectivity index (χ3n) is 17.6. The van der Waals surface area contributed by atoms with Crippen LogP contribution in [0.25, 0.3) is 0 Å². The van der Waals surface area contributed by atoms with E-state index in [0.29, 0.717) is 25.7 Å². The fourth-order valence-electron chi connectivity index (χ4n) is 11.6. The van der Waals surface area contributed by atoms with E-state index in [0.717, 1.165) is 120 Å². The lowest BCUT2D eigenvalue weighted by molar-refractivity contribution is -0.161. The van der Waals surface area contributed by atoms with E-state index < -0.39 is 97.5 Å². The van der Waals surface area contributed by atoms with Crippen LogP contribution in [0, 0.1) is 17.8 Å². The number of hydrogen-bond acceptors (Lipinski definition) is 15. The first-order chi connectivity index (χ1) is 45.7. The molecule has 0 heterocycles. The lowest BCUT2D eigenvalue weighted by Gasteiger charge is -2.21. The third-order valence-corrected chi connectivity index (χ3v) is 19.5. The van der Waals surface area contributed by atoms with E-state index in [4.69, 9.17) is 37.0 Å². The van der Waals surface area contributed by atoms with Gasteiger partial charge in [-0.2, -0.15) is 0 Å². The minimum atomic E-state index is -4.96. The van der Waals surface area contributed by atoms with E-state index in [1.54, 1.807) is 0 Å². The number of ether oxygens (including phenoxy) is 4. The number of esters is 4. The summed E-state index contributed by atoms with van der Waals surface area (Å²) in [5.74, 6) is 0.216. The summed E-state index contributed by atoms with van der Waals surface area (Å²) in [5.41, 5.74) is 0. The van der Waals surface area contributed by atoms with Gasteiger partial charge >= 0.3 is 39.5 Å². The van der Waals surface area contributed by atoms with Crippen LogP contribution < -0.4 is 0 Å². The summed E-state index contributed by atoms with van der Waals surface area (Å²) >= 11 is 0. The lowest BCUT2D eigenvalue weighted by atomic mass is 10.0. The van der Waals surface area contributed by atoms with Gasteiger partial charge in [0.15, 0.2) is 12.2 Å². The van der Waals surface area contributed by atoms with Crippen LogP contribution in [0.5, 0.6) is 0 Å². The molecular formula is C76H148O17P2. The average molecular weight is 1400 g/mol. The molecule has 0 fully saturated rings. The number of hydrogen-bond donors (Lipinski definition) is 3. The zero-order valence-corrected chi connectivity index (χ0v) is 63.9. The Hall–Kier alpha value is -1.94. The molecule has 0 rings (SSSR count). The number of aliphatic hydroxyl groups excluding tert-OH is 1. The number of aliphatic hydroxyl groups is 1. The molecule has 5 atom stereocenters. The molecule has 0 radical (unpaired) electrons. The van der Waals surface area contributed by atoms with Crippen LogP contribution in [0.4, 0.5) is 0 Å². The van der Waals surface area contributed by atoms with Crippen molar-refractivity contribution < 1.29 is 80.2 Å². The van der Waals surface area contributed by atoms with E-state index in [1.807, 2.05) is 0 Å². The third kappa shape index (κ3) is 70.3. The standard InChI is InChI=1S/C76H148O17P2/c1-8-9-10-11-33-43-50-57-73(78)86-63-71(92-76(81)60-53-46-39-32-26-29-36-42-49-56-69(6)7)65-90-94(82,83)88-61-70(77)62-89-95(84,85)91-66-72(64-87-74(79)58-51-44-37-30-24-21-20-23-28-35-41-48-55-68(4)5)93-75(80)59-52-45-38-31-25-19-17-15-13-12-14-16-18-22-27-34-40-47-54-67(2)3/h67-72,77H,8-66H2,1-7H3,(H,82,83)(H,84,85)/t70-,71+,72+/m0/s1. The summed E-state index contributed by atoms with van der Waals surface area (Å²) in [7, 11) is -9.91. The van der Waals surface area contributed by atoms with Gasteiger partial charge in [-0.3, -0.25) is 37.3 Å². The first kappa shape index (κ1) is 93.1. The second-order valence-corrected chi connectivity index (χ2v) is 31.7. The first-order valence-electron chi connectivity index (χ1n) is 39.3. The number of phosphoric ester groups is 2. The summed E-state index contributed by atoms with van der Waals surface area (Å²) in [4.78, 5) is 72.6. The van der Waals surface area contributed by atoms with Crippen LogP contribution in [0.15, 0.2) is 0 Å². The molecule has 3 N–H and O–H groups in total. The van der Waals surface area contributed by atoms with Gasteiger partial charge in [0.2, 0.25) is 0 Å². The van der Waals surface area contributed by atoms with Crippen molar-refractivity contribution in [2.45, 2.75) is 407 Å². The van der Waals surface area contributed by atoms with Crippen LogP contribution >= 0.6 is 15.6 Å². The largest absolute Gasteiger partial charge is 0.472 e. The maximum atomic E-state index is 13.1. The number of unbranched alkanes of at least 4 members (excludes halogenated alkanes) is 42. The summed E-state index contributed by atoms with van der Waals surface area (Å²) in [6.45, 7) is 11.9. The van der Waals surface area contributed by atoms with Crippen molar-refractivity contribution >= 4 is 39.5 Å². The van der Waals surface area contributed by atoms with Crippen molar-refractivity contribution in [3.63, 3.8) is 0 Å². The Balaban J connectivity index is 5.17. The van der Waals surface area contributed by atoms with Gasteiger partial charge in [0, 0.05) is 25.7 Å². The van der Waals surface area contributed by atoms with E-state index in [1.165, 1.54) is 186 Å². The van der Waals surface area contributed by atoms with Crippen LogP contribution in [0.1, 0.15) is 389 Å². The minimum absolute atomic E-state index is 0.105. The Bertz CT molecular complexity index is 1850. The smallest absolute Gasteiger partial charge is 0.462 e. The highest BCUT2D eigenvalue weighted by Gasteiger charge is 2.30. The van der Waals surface area contributed by atoms with Crippen LogP contribution in [-0.2, 0) is 65.4 Å². The van der Waals surface area contributed by atoms with Crippen molar-refractivity contribution in [1.29, 1.82) is 0 Å². The minimum Gasteiger partial charge on any atom is -0.462 e. The lowest BCUT2D eigenvalue weighted by Crippen LogP contribution is -2.30. The first-order valence-corrected chi connectivity index (χ1v) is 42.3. The Morgan fingerprint density at radius 3 is 0.716 bits per heavy atom. The molecule has 0 aliphatic carbocycles. The van der Waals surface area contributed by atoms with E-state index in [9.17, 15) is 43.2 Å². The number of carbonyl (C=O) groups excluding carboxylic acids is 4. The van der Waals surface area contributed by atoms with E-state index in [-0.39, 0.29) is 25.7 Å². The van der Waals surface area contributed by atoms with Crippen LogP contribution in [0.3, 0.4) is 0 Å². The average Bonchev–Trinajstić information content (AvgIpc) is 2.64. The van der Waals surface area contributed by atoms with Crippen molar-refractivity contribution in [2.75, 3.05) is 39.6 Å². The Morgan fingerprint density at radius 1 is 0.284 bits per heavy atom. The van der Waals surface area contributed by atoms with Gasteiger partial charge in [0.25, 0.3) is 0 Å². The molecule has 17 nitrogen and oxygen atoms in total. The highest BCUT2D eigenvalue weighted by molar-refractivity contribution is 7.47. The summed E-state index contributed by atoms with van der Waals surface area (Å²) in [6, 6.07) is 0. The van der Waals surface area contributed by atoms with Crippen molar-refractivity contribution in [3.05, 3.63) is 0 Å². The van der Waals surface area contributed by atoms with Crippen molar-refractivity contribution in [1.82, 2.24) is 0 Å². The predicted octanol–water partition coefficient (Wildman–Crippen LogP) is 22.2. The Labute approximate surface area is 581 Å². The second kappa shape index (κ2) is 66.6. The topological polar surface area (TPSA) is 237 Å². The highest BCUT2D eigenvalue weighted by atomic mass is 31.2. The fourth-order valence-corrected chi connectivity index (χ4v) is 13.2. The molecule has 0 aromatic carbocycles. The molecule has 0 aromatic heterocycles. The fraction of sp³-hybridized carbons (Fsp3) is 0.947. The molecule has 2 unspecified atom stereocenters. The quantitative estimate of drug-likeness (QED) is 0.0222. The van der Waals surface area contributed by atoms with Gasteiger partial charge in [-0.25, -0.2) is 9.13 Å². The highest BCUT2D eigenvalue weighted by Crippen LogP contribution is 2.45. The van der Waals surface area contributed by atoms with Crippen LogP contribution in [0.2, 0.25) is 0 Å². The zero-order valence-electron chi connectivity index (χ0n) is 62.1. The molecule has 0 saturated carbocycles. The maximum Gasteiger partial charge on any atom is 0.472 e. The second-order valence-electron chi connectivity index (χ2n) is 28.8. The molecule has 0 aliphatic heterocycles. The van der Waals surface area contributed by atoms with Crippen LogP contribution in [-0.4, -0.2) is 96.7 Å². The molecule has 19 heteroatoms. The predicted molar refractivity (Wildman–Crippen MR) is 386 cm³/mol. The Kier molecular flexibility index (Phi) is 65.2. The van der Waals surface area contributed by atoms with E-state index in [2.05, 4.69) is 48.5 Å². The van der Waals surface area contributed by atoms with Gasteiger partial charge < -0.3 is 33.8 Å². The molecule has 95 heavy (non-hydrogen) atoms. The van der Waals surface area contributed by atoms with Gasteiger partial charge in [-0.05, 0) is 43.4 Å². The molecule has 0 aromatic rings. The summed E-state index contributed by atoms with van der Waals surface area (Å²) in [5, 5.41) is 10.6. The van der Waals surface area contributed by atoms with Crippen molar-refractivity contribution in [3.8, 4) is 0 Å². The van der Waals surface area contributed by atoms with Gasteiger partial charge in [0.05, 0.1) is 26.4 Å². The molecule has 0 aliphatic rings. The molecule has 564 valence electrons. The zero-order chi connectivity index (χ0) is 70.1. The molecule has 0 saturated heterocycles. The molecule has 0 bridgehead atoms. The molecular weight excluding hydrogens is 1250 g/mol. The van der Waals surface area contributed by atoms with Gasteiger partial charge in [-0.1, -0.05) is 337 Å². The van der Waals surface area contributed by atoms with Crippen molar-refractivity contribution in [2.24, 2.45) is 17.8 Å². The van der Waals surface area contributed by atoms with E-state index >= 15 is 0 Å². The molecule has 0 spiro atoms. The normalized spacial score (nSPS) is 14.1. The SMILES string of the molecule is CCCCCCCCCC(=O)OC[C@H](COP(=O)(O)OC[C@H](O)COP(=O)(O)OC[C@@H](COC(=O)CCCCCCCCCCCCCCC(C)C)OC(=O)CCCCCCCCCCCCCCCCCCCCC(C)C)OC(=O)CCCCCCCCCCCC(C)C. The number of rotatable bonds is 74. The maximum absolute atomic E-state index is 13.1.